The molecule has 0 saturated heterocycles. The largest absolute Gasteiger partial charge is 0.491 e. The van der Waals surface area contributed by atoms with Crippen molar-refractivity contribution in [3.8, 4) is 5.75 Å². The van der Waals surface area contributed by atoms with Crippen molar-refractivity contribution in [1.29, 1.82) is 0 Å². The maximum absolute atomic E-state index is 13.2. The molecule has 0 fully saturated rings. The van der Waals surface area contributed by atoms with Crippen LogP contribution in [0.5, 0.6) is 5.75 Å². The van der Waals surface area contributed by atoms with E-state index in [0.29, 0.717) is 18.9 Å². The Kier molecular flexibility index (Phi) is 4.15. The highest BCUT2D eigenvalue weighted by Gasteiger charge is 2.22. The Morgan fingerprint density at radius 1 is 1.21 bits per heavy atom. The van der Waals surface area contributed by atoms with Gasteiger partial charge in [-0.3, -0.25) is 9.52 Å². The number of likely N-dealkylation sites (N-methyl/N-ethyl adjacent to an activating group) is 1. The van der Waals surface area contributed by atoms with Crippen molar-refractivity contribution in [2.75, 3.05) is 24.9 Å². The van der Waals surface area contributed by atoms with Crippen LogP contribution < -0.4 is 9.46 Å². The molecule has 126 valence electrons. The van der Waals surface area contributed by atoms with Gasteiger partial charge in [0.05, 0.1) is 17.0 Å². The molecule has 3 rings (SSSR count). The van der Waals surface area contributed by atoms with Crippen molar-refractivity contribution in [1.82, 2.24) is 4.90 Å². The summed E-state index contributed by atoms with van der Waals surface area (Å²) in [7, 11) is -2.31. The van der Waals surface area contributed by atoms with E-state index in [1.54, 1.807) is 7.05 Å². The van der Waals surface area contributed by atoms with Gasteiger partial charge in [-0.1, -0.05) is 6.07 Å². The van der Waals surface area contributed by atoms with Gasteiger partial charge in [-0.25, -0.2) is 12.8 Å². The van der Waals surface area contributed by atoms with E-state index in [4.69, 9.17) is 4.74 Å². The molecular weight excluding hydrogens is 335 g/mol. The average Bonchev–Trinajstić information content (AvgIpc) is 2.67. The predicted octanol–water partition coefficient (Wildman–Crippen LogP) is 2.09. The zero-order valence-corrected chi connectivity index (χ0v) is 13.6. The van der Waals surface area contributed by atoms with Gasteiger partial charge in [0.25, 0.3) is 15.9 Å². The van der Waals surface area contributed by atoms with Gasteiger partial charge in [0, 0.05) is 12.7 Å². The number of rotatable bonds is 3. The van der Waals surface area contributed by atoms with E-state index in [9.17, 15) is 17.6 Å². The molecule has 2 aromatic rings. The lowest BCUT2D eigenvalue weighted by atomic mass is 10.1. The second-order valence-electron chi connectivity index (χ2n) is 5.35. The highest BCUT2D eigenvalue weighted by atomic mass is 32.2. The number of hydrogen-bond donors (Lipinski definition) is 1. The summed E-state index contributed by atoms with van der Waals surface area (Å²) >= 11 is 0. The molecule has 0 aromatic heterocycles. The van der Waals surface area contributed by atoms with Crippen LogP contribution >= 0.6 is 0 Å². The van der Waals surface area contributed by atoms with Crippen molar-refractivity contribution in [3.63, 3.8) is 0 Å². The number of anilines is 1. The molecule has 24 heavy (non-hydrogen) atoms. The van der Waals surface area contributed by atoms with Gasteiger partial charge in [-0.2, -0.15) is 0 Å². The summed E-state index contributed by atoms with van der Waals surface area (Å²) in [4.78, 5) is 13.6. The number of ether oxygens (including phenoxy) is 1. The molecule has 2 aromatic carbocycles. The zero-order chi connectivity index (χ0) is 17.3. The minimum Gasteiger partial charge on any atom is -0.491 e. The number of halogens is 1. The molecule has 0 radical (unpaired) electrons. The topological polar surface area (TPSA) is 75.7 Å². The minimum absolute atomic E-state index is 0.197. The van der Waals surface area contributed by atoms with Crippen molar-refractivity contribution < 1.29 is 22.3 Å². The third kappa shape index (κ3) is 3.18. The van der Waals surface area contributed by atoms with E-state index in [-0.39, 0.29) is 22.1 Å². The Morgan fingerprint density at radius 3 is 2.75 bits per heavy atom. The Hall–Kier alpha value is -2.61. The van der Waals surface area contributed by atoms with Gasteiger partial charge >= 0.3 is 0 Å². The maximum atomic E-state index is 13.2. The number of sulfonamides is 1. The standard InChI is InChI=1S/C16H15FN2O4S/c1-19-7-8-23-15-6-5-12(10-14(15)16(19)20)18-24(21,22)13-4-2-3-11(17)9-13/h2-6,9-10,18H,7-8H2,1H3. The molecule has 8 heteroatoms. The first-order valence-electron chi connectivity index (χ1n) is 7.17. The summed E-state index contributed by atoms with van der Waals surface area (Å²) < 4.78 is 45.7. The fourth-order valence-corrected chi connectivity index (χ4v) is 3.41. The smallest absolute Gasteiger partial charge is 0.261 e. The molecule has 0 spiro atoms. The van der Waals surface area contributed by atoms with Crippen LogP contribution in [-0.4, -0.2) is 39.4 Å². The highest BCUT2D eigenvalue weighted by molar-refractivity contribution is 7.92. The van der Waals surface area contributed by atoms with E-state index in [1.165, 1.54) is 35.2 Å². The first-order valence-corrected chi connectivity index (χ1v) is 8.66. The Bertz CT molecular complexity index is 899. The summed E-state index contributed by atoms with van der Waals surface area (Å²) in [6, 6.07) is 9.13. The quantitative estimate of drug-likeness (QED) is 0.920. The van der Waals surface area contributed by atoms with Crippen LogP contribution in [0.1, 0.15) is 10.4 Å². The van der Waals surface area contributed by atoms with Crippen LogP contribution in [0.15, 0.2) is 47.4 Å². The first kappa shape index (κ1) is 16.3. The molecule has 0 unspecified atom stereocenters. The lowest BCUT2D eigenvalue weighted by Crippen LogP contribution is -2.27. The van der Waals surface area contributed by atoms with Crippen LogP contribution in [0, 0.1) is 5.82 Å². The van der Waals surface area contributed by atoms with Crippen molar-refractivity contribution in [2.45, 2.75) is 4.90 Å². The number of benzene rings is 2. The first-order chi connectivity index (χ1) is 11.4. The minimum atomic E-state index is -3.96. The van der Waals surface area contributed by atoms with Crippen LogP contribution in [0.25, 0.3) is 0 Å². The monoisotopic (exact) mass is 350 g/mol. The van der Waals surface area contributed by atoms with E-state index >= 15 is 0 Å². The Balaban J connectivity index is 1.94. The van der Waals surface area contributed by atoms with Gasteiger partial charge in [0.1, 0.15) is 18.2 Å². The lowest BCUT2D eigenvalue weighted by molar-refractivity contribution is 0.0796. The molecule has 1 N–H and O–H groups in total. The highest BCUT2D eigenvalue weighted by Crippen LogP contribution is 2.27. The van der Waals surface area contributed by atoms with Crippen molar-refractivity contribution >= 4 is 21.6 Å². The molecule has 1 aliphatic rings. The Morgan fingerprint density at radius 2 is 2.00 bits per heavy atom. The van der Waals surface area contributed by atoms with Crippen LogP contribution in [0.4, 0.5) is 10.1 Å². The SMILES string of the molecule is CN1CCOc2ccc(NS(=O)(=O)c3cccc(F)c3)cc2C1=O. The summed E-state index contributed by atoms with van der Waals surface area (Å²) in [5, 5.41) is 0. The number of nitrogens with one attached hydrogen (secondary N) is 1. The Labute approximate surface area is 138 Å². The van der Waals surface area contributed by atoms with Crippen LogP contribution in [0.3, 0.4) is 0 Å². The number of hydrogen-bond acceptors (Lipinski definition) is 4. The summed E-state index contributed by atoms with van der Waals surface area (Å²) in [5.74, 6) is -0.502. The van der Waals surface area contributed by atoms with Gasteiger partial charge < -0.3 is 9.64 Å². The molecule has 0 aliphatic carbocycles. The van der Waals surface area contributed by atoms with E-state index < -0.39 is 15.8 Å². The molecule has 0 saturated carbocycles. The third-order valence-electron chi connectivity index (χ3n) is 3.60. The van der Waals surface area contributed by atoms with Crippen LogP contribution in [0.2, 0.25) is 0 Å². The second kappa shape index (κ2) is 6.12. The predicted molar refractivity (Wildman–Crippen MR) is 86.1 cm³/mol. The molecule has 0 bridgehead atoms. The number of carbonyl (C=O) groups excluding carboxylic acids is 1. The molecule has 6 nitrogen and oxygen atoms in total. The zero-order valence-electron chi connectivity index (χ0n) is 12.8. The number of amides is 1. The normalized spacial score (nSPS) is 14.6. The summed E-state index contributed by atoms with van der Waals surface area (Å²) in [5.41, 5.74) is 0.472. The number of nitrogens with zero attached hydrogens (tertiary/aromatic N) is 1. The number of carbonyl (C=O) groups is 1. The van der Waals surface area contributed by atoms with Gasteiger partial charge in [-0.05, 0) is 36.4 Å². The molecular formula is C16H15FN2O4S. The lowest BCUT2D eigenvalue weighted by Gasteiger charge is -2.13. The third-order valence-corrected chi connectivity index (χ3v) is 4.98. The molecule has 1 amide bonds. The molecule has 0 atom stereocenters. The maximum Gasteiger partial charge on any atom is 0.261 e. The summed E-state index contributed by atoms with van der Waals surface area (Å²) in [6.07, 6.45) is 0. The average molecular weight is 350 g/mol. The second-order valence-corrected chi connectivity index (χ2v) is 7.03. The summed E-state index contributed by atoms with van der Waals surface area (Å²) in [6.45, 7) is 0.807. The van der Waals surface area contributed by atoms with E-state index in [0.717, 1.165) is 12.1 Å². The fraction of sp³-hybridized carbons (Fsp3) is 0.188. The molecule has 1 aliphatic heterocycles. The van der Waals surface area contributed by atoms with Gasteiger partial charge in [0.2, 0.25) is 0 Å². The van der Waals surface area contributed by atoms with Crippen molar-refractivity contribution in [3.05, 3.63) is 53.8 Å². The van der Waals surface area contributed by atoms with Crippen molar-refractivity contribution in [2.24, 2.45) is 0 Å². The van der Waals surface area contributed by atoms with Crippen LogP contribution in [-0.2, 0) is 10.0 Å². The number of fused-ring (bicyclic) bond motifs is 1. The fourth-order valence-electron chi connectivity index (χ4n) is 2.33. The van der Waals surface area contributed by atoms with E-state index in [1.807, 2.05) is 0 Å². The van der Waals surface area contributed by atoms with Gasteiger partial charge in [-0.15, -0.1) is 0 Å². The molecule has 1 heterocycles. The van der Waals surface area contributed by atoms with E-state index in [2.05, 4.69) is 4.72 Å². The van der Waals surface area contributed by atoms with Gasteiger partial charge in [0.15, 0.2) is 0 Å².